The molecule has 1 unspecified atom stereocenters. The highest BCUT2D eigenvalue weighted by Crippen LogP contribution is 2.17. The zero-order chi connectivity index (χ0) is 22.3. The molecule has 0 radical (unpaired) electrons. The zero-order valence-corrected chi connectivity index (χ0v) is 17.5. The number of nitrogens with two attached hydrogens (primary N) is 1. The van der Waals surface area contributed by atoms with Crippen molar-refractivity contribution >= 4 is 23.6 Å². The largest absolute Gasteiger partial charge is 0.494 e. The minimum absolute atomic E-state index is 0.000238. The number of carbonyl (C=O) groups excluding carboxylic acids is 2. The number of benzene rings is 1. The van der Waals surface area contributed by atoms with Crippen LogP contribution in [0.2, 0.25) is 0 Å². The van der Waals surface area contributed by atoms with E-state index in [1.807, 2.05) is 13.8 Å². The van der Waals surface area contributed by atoms with Crippen LogP contribution in [-0.2, 0) is 14.4 Å². The lowest BCUT2D eigenvalue weighted by atomic mass is 10.0. The average molecular weight is 418 g/mol. The lowest BCUT2D eigenvalue weighted by Crippen LogP contribution is -2.59. The van der Waals surface area contributed by atoms with E-state index in [1.54, 1.807) is 24.3 Å². The molecule has 9 nitrogen and oxygen atoms in total. The highest BCUT2D eigenvalue weighted by atomic mass is 16.5. The molecule has 30 heavy (non-hydrogen) atoms. The number of hydrogen-bond donors (Lipinski definition) is 3. The maximum Gasteiger partial charge on any atom is 0.326 e. The summed E-state index contributed by atoms with van der Waals surface area (Å²) >= 11 is 0. The van der Waals surface area contributed by atoms with E-state index >= 15 is 0 Å². The number of ether oxygens (including phenoxy) is 1. The monoisotopic (exact) mass is 418 g/mol. The predicted molar refractivity (Wildman–Crippen MR) is 111 cm³/mol. The fraction of sp³-hybridized carbons (Fsp3) is 0.524. The van der Waals surface area contributed by atoms with Crippen LogP contribution in [0.4, 0.5) is 0 Å². The third-order valence-corrected chi connectivity index (χ3v) is 4.95. The summed E-state index contributed by atoms with van der Waals surface area (Å²) in [4.78, 5) is 39.0. The van der Waals surface area contributed by atoms with Gasteiger partial charge in [0, 0.05) is 25.2 Å². The van der Waals surface area contributed by atoms with Crippen LogP contribution < -0.4 is 10.5 Å². The predicted octanol–water partition coefficient (Wildman–Crippen LogP) is 1.30. The molecular formula is C21H30N4O5. The Morgan fingerprint density at radius 1 is 1.17 bits per heavy atom. The van der Waals surface area contributed by atoms with Gasteiger partial charge in [-0.1, -0.05) is 13.8 Å². The molecule has 4 N–H and O–H groups in total. The molecule has 1 aromatic rings. The molecule has 0 spiro atoms. The van der Waals surface area contributed by atoms with Crippen LogP contribution in [0.25, 0.3) is 0 Å². The van der Waals surface area contributed by atoms with Gasteiger partial charge in [0.05, 0.1) is 6.61 Å². The summed E-state index contributed by atoms with van der Waals surface area (Å²) in [5.74, 6) is -1.69. The minimum atomic E-state index is -1.08. The van der Waals surface area contributed by atoms with Crippen molar-refractivity contribution in [3.8, 4) is 5.75 Å². The van der Waals surface area contributed by atoms with Gasteiger partial charge < -0.3 is 25.4 Å². The number of nitrogens with one attached hydrogen (secondary N) is 1. The van der Waals surface area contributed by atoms with E-state index < -0.39 is 23.8 Å². The molecule has 0 bridgehead atoms. The minimum Gasteiger partial charge on any atom is -0.494 e. The standard InChI is InChI=1S/C21H30N4O5/c1-14(2)13-17(21(28)29)25-11-10-24(19(26)20(25)27)9-3-4-12-30-16-7-5-15(6-8-16)18(22)23/h5-8,14,17H,3-4,9-13H2,1-2H3,(H3,22,23)(H,28,29). The van der Waals surface area contributed by atoms with Crippen molar-refractivity contribution in [2.24, 2.45) is 11.7 Å². The molecule has 2 amide bonds. The Bertz CT molecular complexity index is 778. The number of nitrogens with zero attached hydrogens (tertiary/aromatic N) is 2. The number of unbranched alkanes of at least 4 members (excludes halogenated alkanes) is 1. The maximum atomic E-state index is 12.4. The van der Waals surface area contributed by atoms with Gasteiger partial charge in [0.25, 0.3) is 0 Å². The molecular weight excluding hydrogens is 388 g/mol. The first-order valence-corrected chi connectivity index (χ1v) is 10.1. The van der Waals surface area contributed by atoms with Gasteiger partial charge in [-0.3, -0.25) is 15.0 Å². The molecule has 1 atom stereocenters. The first-order valence-electron chi connectivity index (χ1n) is 10.1. The Kier molecular flexibility index (Phi) is 8.20. The van der Waals surface area contributed by atoms with Crippen LogP contribution in [0.3, 0.4) is 0 Å². The Balaban J connectivity index is 1.77. The molecule has 1 saturated heterocycles. The second-order valence-corrected chi connectivity index (χ2v) is 7.77. The summed E-state index contributed by atoms with van der Waals surface area (Å²) < 4.78 is 5.63. The van der Waals surface area contributed by atoms with E-state index in [-0.39, 0.29) is 18.3 Å². The molecule has 1 fully saturated rings. The van der Waals surface area contributed by atoms with Gasteiger partial charge in [-0.25, -0.2) is 4.79 Å². The highest BCUT2D eigenvalue weighted by molar-refractivity contribution is 6.35. The molecule has 0 saturated carbocycles. The van der Waals surface area contributed by atoms with Crippen molar-refractivity contribution in [2.45, 2.75) is 39.2 Å². The first-order chi connectivity index (χ1) is 14.2. The summed E-state index contributed by atoms with van der Waals surface area (Å²) in [6.07, 6.45) is 1.68. The van der Waals surface area contributed by atoms with Gasteiger partial charge in [0.15, 0.2) is 0 Å². The number of piperazine rings is 1. The summed E-state index contributed by atoms with van der Waals surface area (Å²) in [5, 5.41) is 16.8. The number of amidine groups is 1. The summed E-state index contributed by atoms with van der Waals surface area (Å²) in [6.45, 7) is 5.22. The molecule has 0 aromatic heterocycles. The van der Waals surface area contributed by atoms with Crippen LogP contribution in [0.5, 0.6) is 5.75 Å². The SMILES string of the molecule is CC(C)CC(C(=O)O)N1CCN(CCCCOc2ccc(C(=N)N)cc2)C(=O)C1=O. The number of amides is 2. The van der Waals surface area contributed by atoms with Crippen LogP contribution in [0.15, 0.2) is 24.3 Å². The van der Waals surface area contributed by atoms with E-state index in [1.165, 1.54) is 9.80 Å². The molecule has 2 rings (SSSR count). The van der Waals surface area contributed by atoms with Crippen molar-refractivity contribution in [3.05, 3.63) is 29.8 Å². The summed E-state index contributed by atoms with van der Waals surface area (Å²) in [5.41, 5.74) is 6.04. The number of carboxylic acid groups (broad SMARTS) is 1. The lowest BCUT2D eigenvalue weighted by Gasteiger charge is -2.37. The zero-order valence-electron chi connectivity index (χ0n) is 17.5. The third-order valence-electron chi connectivity index (χ3n) is 4.95. The molecule has 1 aliphatic heterocycles. The fourth-order valence-corrected chi connectivity index (χ4v) is 3.33. The number of carboxylic acids is 1. The molecule has 0 aliphatic carbocycles. The van der Waals surface area contributed by atoms with Gasteiger partial charge in [-0.15, -0.1) is 0 Å². The molecule has 1 heterocycles. The highest BCUT2D eigenvalue weighted by Gasteiger charge is 2.39. The first kappa shape index (κ1) is 23.2. The maximum absolute atomic E-state index is 12.4. The van der Waals surface area contributed by atoms with Crippen LogP contribution in [0.1, 0.15) is 38.7 Å². The smallest absolute Gasteiger partial charge is 0.326 e. The molecule has 9 heteroatoms. The van der Waals surface area contributed by atoms with Crippen LogP contribution in [-0.4, -0.2) is 70.8 Å². The molecule has 1 aromatic carbocycles. The number of rotatable bonds is 11. The van der Waals surface area contributed by atoms with Gasteiger partial charge in [-0.2, -0.15) is 0 Å². The number of aliphatic carboxylic acids is 1. The second-order valence-electron chi connectivity index (χ2n) is 7.77. The Morgan fingerprint density at radius 2 is 1.83 bits per heavy atom. The normalized spacial score (nSPS) is 15.4. The quantitative estimate of drug-likeness (QED) is 0.214. The van der Waals surface area contributed by atoms with Crippen molar-refractivity contribution in [1.29, 1.82) is 5.41 Å². The molecule has 164 valence electrons. The Labute approximate surface area is 176 Å². The fourth-order valence-electron chi connectivity index (χ4n) is 3.33. The van der Waals surface area contributed by atoms with Gasteiger partial charge >= 0.3 is 17.8 Å². The third kappa shape index (κ3) is 6.20. The van der Waals surface area contributed by atoms with E-state index in [2.05, 4.69) is 0 Å². The van der Waals surface area contributed by atoms with Gasteiger partial charge in [0.1, 0.15) is 17.6 Å². The van der Waals surface area contributed by atoms with Crippen molar-refractivity contribution in [2.75, 3.05) is 26.2 Å². The van der Waals surface area contributed by atoms with Gasteiger partial charge in [0.2, 0.25) is 0 Å². The lowest BCUT2D eigenvalue weighted by molar-refractivity contribution is -0.162. The van der Waals surface area contributed by atoms with Crippen molar-refractivity contribution in [1.82, 2.24) is 9.80 Å². The summed E-state index contributed by atoms with van der Waals surface area (Å²) in [7, 11) is 0. The Morgan fingerprint density at radius 3 is 2.40 bits per heavy atom. The van der Waals surface area contributed by atoms with E-state index in [0.717, 1.165) is 0 Å². The number of nitrogen functional groups attached to an aromatic ring is 1. The number of carbonyl (C=O) groups is 3. The van der Waals surface area contributed by atoms with E-state index in [9.17, 15) is 19.5 Å². The average Bonchev–Trinajstić information content (AvgIpc) is 2.69. The van der Waals surface area contributed by atoms with Crippen molar-refractivity contribution < 1.29 is 24.2 Å². The Hall–Kier alpha value is -3.10. The van der Waals surface area contributed by atoms with Crippen molar-refractivity contribution in [3.63, 3.8) is 0 Å². The summed E-state index contributed by atoms with van der Waals surface area (Å²) in [6, 6.07) is 5.95. The van der Waals surface area contributed by atoms with Crippen LogP contribution >= 0.6 is 0 Å². The second kappa shape index (κ2) is 10.6. The van der Waals surface area contributed by atoms with E-state index in [0.29, 0.717) is 50.3 Å². The number of hydrogen-bond acceptors (Lipinski definition) is 5. The van der Waals surface area contributed by atoms with E-state index in [4.69, 9.17) is 15.9 Å². The topological polar surface area (TPSA) is 137 Å². The molecule has 1 aliphatic rings. The van der Waals surface area contributed by atoms with Gasteiger partial charge in [-0.05, 0) is 49.4 Å². The van der Waals surface area contributed by atoms with Crippen LogP contribution in [0, 0.1) is 11.3 Å².